The van der Waals surface area contributed by atoms with Gasteiger partial charge < -0.3 is 19.7 Å². The second-order valence-electron chi connectivity index (χ2n) is 8.59. The molecule has 1 atom stereocenters. The van der Waals surface area contributed by atoms with E-state index in [-0.39, 0.29) is 28.0 Å². The summed E-state index contributed by atoms with van der Waals surface area (Å²) in [5.74, 6) is -0.912. The number of aromatic hydroxyl groups is 1. The highest BCUT2D eigenvalue weighted by atomic mass is 35.5. The maximum absolute atomic E-state index is 13.4. The Labute approximate surface area is 242 Å². The number of phenolic OH excluding ortho intramolecular Hbond substituents is 1. The van der Waals surface area contributed by atoms with Crippen LogP contribution in [0.15, 0.2) is 76.6 Å². The van der Waals surface area contributed by atoms with Gasteiger partial charge in [0.25, 0.3) is 5.78 Å². The Morgan fingerprint density at radius 1 is 1.02 bits per heavy atom. The first kappa shape index (κ1) is 27.5. The quantitative estimate of drug-likeness (QED) is 0.0851. The van der Waals surface area contributed by atoms with Gasteiger partial charge in [-0.25, -0.2) is 0 Å². The summed E-state index contributed by atoms with van der Waals surface area (Å²) >= 11 is 8.54. The van der Waals surface area contributed by atoms with Crippen LogP contribution in [0.3, 0.4) is 0 Å². The van der Waals surface area contributed by atoms with Crippen LogP contribution < -0.4 is 14.4 Å². The minimum absolute atomic E-state index is 0.116. The molecular formula is C28H22ClN3O6S2. The van der Waals surface area contributed by atoms with Gasteiger partial charge in [-0.05, 0) is 59.7 Å². The van der Waals surface area contributed by atoms with E-state index in [1.54, 1.807) is 42.5 Å². The Hall–Kier alpha value is -4.06. The molecule has 1 aromatic heterocycles. The number of aromatic nitrogens is 2. The molecule has 9 nitrogen and oxygen atoms in total. The predicted molar refractivity (Wildman–Crippen MR) is 153 cm³/mol. The third-order valence-corrected chi connectivity index (χ3v) is 8.58. The standard InChI is InChI=1S/C28H22ClN3O6S2/c1-37-19-10-5-16(6-11-19)24(34)22-23(17-7-12-20(33)21(13-17)38-2)32(26(36)25(22)35)27-30-31-28(40-27)39-14-15-3-8-18(29)9-4-15/h3-13,23,33-34H,14H2,1-2H3/b24-22-. The van der Waals surface area contributed by atoms with Crippen LogP contribution in [0.2, 0.25) is 5.02 Å². The number of rotatable bonds is 8. The van der Waals surface area contributed by atoms with Gasteiger partial charge in [-0.3, -0.25) is 14.5 Å². The molecule has 1 aliphatic heterocycles. The summed E-state index contributed by atoms with van der Waals surface area (Å²) in [4.78, 5) is 28.0. The molecule has 40 heavy (non-hydrogen) atoms. The monoisotopic (exact) mass is 595 g/mol. The molecule has 2 heterocycles. The minimum atomic E-state index is -1.06. The molecule has 1 unspecified atom stereocenters. The van der Waals surface area contributed by atoms with Gasteiger partial charge in [-0.1, -0.05) is 52.9 Å². The molecule has 1 saturated heterocycles. The van der Waals surface area contributed by atoms with Gasteiger partial charge in [0, 0.05) is 16.3 Å². The van der Waals surface area contributed by atoms with Gasteiger partial charge in [-0.2, -0.15) is 0 Å². The summed E-state index contributed by atoms with van der Waals surface area (Å²) in [6.07, 6.45) is 0. The third-order valence-electron chi connectivity index (χ3n) is 6.20. The molecule has 204 valence electrons. The maximum Gasteiger partial charge on any atom is 0.301 e. The SMILES string of the molecule is COc1ccc(/C(O)=C2/C(=O)C(=O)N(c3nnc(SCc4ccc(Cl)cc4)s3)C2c2ccc(O)c(OC)c2)cc1. The van der Waals surface area contributed by atoms with Crippen molar-refractivity contribution in [3.05, 3.63) is 94.0 Å². The molecule has 0 bridgehead atoms. The molecule has 0 saturated carbocycles. The molecule has 2 N–H and O–H groups in total. The van der Waals surface area contributed by atoms with Crippen molar-refractivity contribution in [3.8, 4) is 17.2 Å². The Bertz CT molecular complexity index is 1610. The number of nitrogens with zero attached hydrogens (tertiary/aromatic N) is 3. The number of carbonyl (C=O) groups is 2. The minimum Gasteiger partial charge on any atom is -0.507 e. The number of anilines is 1. The first-order valence-electron chi connectivity index (χ1n) is 11.8. The van der Waals surface area contributed by atoms with E-state index in [4.69, 9.17) is 21.1 Å². The zero-order valence-corrected chi connectivity index (χ0v) is 23.6. The number of amides is 1. The maximum atomic E-state index is 13.4. The Balaban J connectivity index is 1.56. The van der Waals surface area contributed by atoms with Crippen molar-refractivity contribution in [1.29, 1.82) is 0 Å². The fraction of sp³-hybridized carbons (Fsp3) is 0.143. The van der Waals surface area contributed by atoms with Crippen LogP contribution in [0, 0.1) is 0 Å². The molecule has 5 rings (SSSR count). The van der Waals surface area contributed by atoms with E-state index in [0.29, 0.717) is 32.0 Å². The lowest BCUT2D eigenvalue weighted by Gasteiger charge is -2.23. The van der Waals surface area contributed by atoms with Gasteiger partial charge in [0.15, 0.2) is 15.8 Å². The third kappa shape index (κ3) is 5.35. The Morgan fingerprint density at radius 3 is 2.42 bits per heavy atom. The predicted octanol–water partition coefficient (Wildman–Crippen LogP) is 5.83. The van der Waals surface area contributed by atoms with E-state index in [0.717, 1.165) is 16.9 Å². The van der Waals surface area contributed by atoms with Crippen molar-refractivity contribution < 1.29 is 29.3 Å². The van der Waals surface area contributed by atoms with Crippen LogP contribution in [0.25, 0.3) is 5.76 Å². The van der Waals surface area contributed by atoms with E-state index in [2.05, 4.69) is 10.2 Å². The molecule has 0 radical (unpaired) electrons. The number of hydrogen-bond acceptors (Lipinski definition) is 10. The van der Waals surface area contributed by atoms with Crippen LogP contribution in [0.1, 0.15) is 22.7 Å². The van der Waals surface area contributed by atoms with Crippen molar-refractivity contribution in [3.63, 3.8) is 0 Å². The normalized spacial score (nSPS) is 16.4. The number of methoxy groups -OCH3 is 2. The summed E-state index contributed by atoms with van der Waals surface area (Å²) in [7, 11) is 2.91. The van der Waals surface area contributed by atoms with E-state index >= 15 is 0 Å². The van der Waals surface area contributed by atoms with Crippen LogP contribution in [0.5, 0.6) is 17.2 Å². The van der Waals surface area contributed by atoms with Crippen LogP contribution in [0.4, 0.5) is 5.13 Å². The summed E-state index contributed by atoms with van der Waals surface area (Å²) in [6, 6.07) is 17.3. The number of hydrogen-bond donors (Lipinski definition) is 2. The number of aliphatic hydroxyl groups excluding tert-OH is 1. The highest BCUT2D eigenvalue weighted by Gasteiger charge is 2.48. The lowest BCUT2D eigenvalue weighted by molar-refractivity contribution is -0.132. The van der Waals surface area contributed by atoms with Crippen molar-refractivity contribution >= 4 is 57.3 Å². The van der Waals surface area contributed by atoms with Crippen molar-refractivity contribution in [2.24, 2.45) is 0 Å². The molecule has 1 aliphatic rings. The number of thioether (sulfide) groups is 1. The lowest BCUT2D eigenvalue weighted by atomic mass is 9.95. The van der Waals surface area contributed by atoms with Gasteiger partial charge in [-0.15, -0.1) is 10.2 Å². The number of carbonyl (C=O) groups excluding carboxylic acids is 2. The first-order valence-corrected chi connectivity index (χ1v) is 14.0. The highest BCUT2D eigenvalue weighted by molar-refractivity contribution is 8.00. The summed E-state index contributed by atoms with van der Waals surface area (Å²) < 4.78 is 11.0. The van der Waals surface area contributed by atoms with E-state index in [1.165, 1.54) is 43.0 Å². The number of ether oxygens (including phenoxy) is 2. The molecule has 4 aromatic rings. The molecule has 12 heteroatoms. The largest absolute Gasteiger partial charge is 0.507 e. The fourth-order valence-electron chi connectivity index (χ4n) is 4.20. The van der Waals surface area contributed by atoms with E-state index in [1.807, 2.05) is 12.1 Å². The van der Waals surface area contributed by atoms with Gasteiger partial charge in [0.1, 0.15) is 11.5 Å². The van der Waals surface area contributed by atoms with Gasteiger partial charge >= 0.3 is 5.91 Å². The zero-order chi connectivity index (χ0) is 28.4. The van der Waals surface area contributed by atoms with Gasteiger partial charge in [0.05, 0.1) is 25.8 Å². The number of aliphatic hydroxyl groups is 1. The Kier molecular flexibility index (Phi) is 7.97. The molecular weight excluding hydrogens is 574 g/mol. The highest BCUT2D eigenvalue weighted by Crippen LogP contribution is 2.45. The second kappa shape index (κ2) is 11.6. The molecule has 1 fully saturated rings. The Morgan fingerprint density at radius 2 is 1.75 bits per heavy atom. The topological polar surface area (TPSA) is 122 Å². The molecule has 1 amide bonds. The van der Waals surface area contributed by atoms with Crippen molar-refractivity contribution in [1.82, 2.24) is 10.2 Å². The second-order valence-corrected chi connectivity index (χ2v) is 11.2. The zero-order valence-electron chi connectivity index (χ0n) is 21.2. The summed E-state index contributed by atoms with van der Waals surface area (Å²) in [5.41, 5.74) is 1.65. The fourth-order valence-corrected chi connectivity index (χ4v) is 6.15. The summed E-state index contributed by atoms with van der Waals surface area (Å²) in [6.45, 7) is 0. The molecule has 0 aliphatic carbocycles. The number of phenols is 1. The van der Waals surface area contributed by atoms with E-state index < -0.39 is 17.7 Å². The average Bonchev–Trinajstić information content (AvgIpc) is 3.54. The van der Waals surface area contributed by atoms with Crippen molar-refractivity contribution in [2.45, 2.75) is 16.1 Å². The van der Waals surface area contributed by atoms with Crippen LogP contribution in [-0.2, 0) is 15.3 Å². The van der Waals surface area contributed by atoms with Gasteiger partial charge in [0.2, 0.25) is 5.13 Å². The molecule has 0 spiro atoms. The smallest absolute Gasteiger partial charge is 0.301 e. The number of Topliss-reactive ketones (excluding diaryl/α,β-unsaturated/α-hetero) is 1. The number of halogens is 1. The van der Waals surface area contributed by atoms with E-state index in [9.17, 15) is 19.8 Å². The van der Waals surface area contributed by atoms with Crippen LogP contribution in [-0.4, -0.2) is 46.3 Å². The summed E-state index contributed by atoms with van der Waals surface area (Å²) in [5, 5.41) is 30.7. The number of benzene rings is 3. The lowest BCUT2D eigenvalue weighted by Crippen LogP contribution is -2.29. The van der Waals surface area contributed by atoms with Crippen molar-refractivity contribution in [2.75, 3.05) is 19.1 Å². The first-order chi connectivity index (χ1) is 19.3. The molecule has 3 aromatic carbocycles. The number of ketones is 1. The average molecular weight is 596 g/mol. The van der Waals surface area contributed by atoms with Crippen LogP contribution >= 0.6 is 34.7 Å².